The van der Waals surface area contributed by atoms with Crippen LogP contribution in [0.1, 0.15) is 32.6 Å². The van der Waals surface area contributed by atoms with Crippen molar-refractivity contribution >= 4 is 39.1 Å². The number of anilines is 1. The number of fused-ring (bicyclic) bond motifs is 3. The fourth-order valence-electron chi connectivity index (χ4n) is 4.39. The molecular formula is C18H20BrFN4O2S. The summed E-state index contributed by atoms with van der Waals surface area (Å²) in [5.41, 5.74) is 0.156. The zero-order valence-corrected chi connectivity index (χ0v) is 17.2. The van der Waals surface area contributed by atoms with E-state index in [1.807, 2.05) is 6.92 Å². The van der Waals surface area contributed by atoms with Crippen LogP contribution in [-0.4, -0.2) is 33.6 Å². The van der Waals surface area contributed by atoms with Gasteiger partial charge < -0.3 is 10.1 Å². The van der Waals surface area contributed by atoms with E-state index in [4.69, 9.17) is 4.74 Å². The van der Waals surface area contributed by atoms with Crippen molar-refractivity contribution in [3.8, 4) is 10.7 Å². The Labute approximate surface area is 169 Å². The molecule has 5 rings (SSSR count). The minimum absolute atomic E-state index is 0.105. The molecule has 2 aromatic rings. The molecule has 2 atom stereocenters. The van der Waals surface area contributed by atoms with E-state index >= 15 is 4.39 Å². The quantitative estimate of drug-likeness (QED) is 0.536. The number of carbonyl (C=O) groups excluding carboxylic acids is 1. The predicted octanol–water partition coefficient (Wildman–Crippen LogP) is 4.28. The maximum atomic E-state index is 15.1. The Morgan fingerprint density at radius 1 is 1.33 bits per heavy atom. The van der Waals surface area contributed by atoms with Crippen molar-refractivity contribution in [3.63, 3.8) is 0 Å². The van der Waals surface area contributed by atoms with E-state index in [0.29, 0.717) is 17.5 Å². The average Bonchev–Trinajstić information content (AvgIpc) is 3.20. The number of hydrogen-bond donors (Lipinski definition) is 1. The molecule has 6 nitrogen and oxygen atoms in total. The molecule has 2 heterocycles. The third-order valence-electron chi connectivity index (χ3n) is 5.54. The second kappa shape index (κ2) is 7.79. The lowest BCUT2D eigenvalue weighted by Gasteiger charge is -2.47. The molecule has 0 radical (unpaired) electrons. The Morgan fingerprint density at radius 2 is 2.07 bits per heavy atom. The minimum Gasteiger partial charge on any atom is -0.466 e. The summed E-state index contributed by atoms with van der Waals surface area (Å²) in [7, 11) is 0. The Morgan fingerprint density at radius 3 is 2.74 bits per heavy atom. The van der Waals surface area contributed by atoms with Gasteiger partial charge in [-0.1, -0.05) is 0 Å². The van der Waals surface area contributed by atoms with Gasteiger partial charge in [-0.05, 0) is 60.4 Å². The molecule has 0 saturated heterocycles. The molecule has 0 spiro atoms. The first-order chi connectivity index (χ1) is 13.1. The van der Waals surface area contributed by atoms with Gasteiger partial charge >= 0.3 is 5.97 Å². The highest BCUT2D eigenvalue weighted by atomic mass is 79.9. The van der Waals surface area contributed by atoms with Gasteiger partial charge in [0.25, 0.3) is 0 Å². The van der Waals surface area contributed by atoms with Crippen molar-refractivity contribution in [1.82, 2.24) is 15.0 Å². The lowest BCUT2D eigenvalue weighted by Crippen LogP contribution is -2.52. The standard InChI is InChI=1S/C18H20BrFN4O2S/c1-2-26-17(25)11-9-3-5-10(6-4-9)13(11)22-15-12(20)14(23-18(19)24-15)16-21-7-8-27-16/h7-11,13H,2-6H2,1H3,(H,22,23,24)/t9?,10?,11-,13-/m1/s1. The fourth-order valence-corrected chi connectivity index (χ4v) is 5.36. The van der Waals surface area contributed by atoms with E-state index in [2.05, 4.69) is 36.2 Å². The first-order valence-corrected chi connectivity index (χ1v) is 10.8. The third-order valence-corrected chi connectivity index (χ3v) is 6.67. The van der Waals surface area contributed by atoms with Crippen LogP contribution >= 0.6 is 27.3 Å². The number of thiazole rings is 1. The molecule has 2 aromatic heterocycles. The van der Waals surface area contributed by atoms with Crippen molar-refractivity contribution in [1.29, 1.82) is 0 Å². The summed E-state index contributed by atoms with van der Waals surface area (Å²) in [5.74, 6) is -0.322. The van der Waals surface area contributed by atoms with Crippen molar-refractivity contribution in [2.24, 2.45) is 17.8 Å². The molecule has 1 N–H and O–H groups in total. The van der Waals surface area contributed by atoms with E-state index in [-0.39, 0.29) is 40.1 Å². The van der Waals surface area contributed by atoms with E-state index < -0.39 is 5.82 Å². The smallest absolute Gasteiger partial charge is 0.311 e. The number of hydrogen-bond acceptors (Lipinski definition) is 7. The van der Waals surface area contributed by atoms with Crippen LogP contribution < -0.4 is 5.32 Å². The van der Waals surface area contributed by atoms with Crippen LogP contribution in [0, 0.1) is 23.6 Å². The topological polar surface area (TPSA) is 77.0 Å². The number of esters is 1. The predicted molar refractivity (Wildman–Crippen MR) is 104 cm³/mol. The number of carbonyl (C=O) groups is 1. The van der Waals surface area contributed by atoms with E-state index in [0.717, 1.165) is 25.7 Å². The van der Waals surface area contributed by atoms with Crippen LogP contribution in [0.2, 0.25) is 0 Å². The van der Waals surface area contributed by atoms with E-state index in [1.165, 1.54) is 11.3 Å². The van der Waals surface area contributed by atoms with Gasteiger partial charge in [0, 0.05) is 17.6 Å². The molecule has 0 aromatic carbocycles. The third kappa shape index (κ3) is 3.59. The molecule has 3 aliphatic rings. The first-order valence-electron chi connectivity index (χ1n) is 9.14. The highest BCUT2D eigenvalue weighted by Gasteiger charge is 2.48. The maximum absolute atomic E-state index is 15.1. The molecule has 144 valence electrons. The molecule has 3 fully saturated rings. The first kappa shape index (κ1) is 18.7. The SMILES string of the molecule is CCOC(=O)[C@@H]1C2CCC(CC2)[C@H]1Nc1nc(Br)nc(-c2nccs2)c1F. The second-order valence-corrected chi connectivity index (χ2v) is 8.57. The molecule has 3 saturated carbocycles. The summed E-state index contributed by atoms with van der Waals surface area (Å²) in [6, 6.07) is -0.183. The number of ether oxygens (including phenoxy) is 1. The molecule has 9 heteroatoms. The molecule has 0 unspecified atom stereocenters. The lowest BCUT2D eigenvalue weighted by molar-refractivity contribution is -0.154. The zero-order valence-electron chi connectivity index (χ0n) is 14.8. The summed E-state index contributed by atoms with van der Waals surface area (Å²) in [4.78, 5) is 25.1. The average molecular weight is 455 g/mol. The molecule has 0 amide bonds. The van der Waals surface area contributed by atoms with Gasteiger partial charge in [-0.15, -0.1) is 11.3 Å². The zero-order chi connectivity index (χ0) is 19.0. The van der Waals surface area contributed by atoms with Gasteiger partial charge in [0.15, 0.2) is 16.4 Å². The number of rotatable bonds is 5. The Bertz CT molecular complexity index is 827. The summed E-state index contributed by atoms with van der Waals surface area (Å²) in [6.07, 6.45) is 5.72. The van der Waals surface area contributed by atoms with Crippen LogP contribution in [0.25, 0.3) is 10.7 Å². The van der Waals surface area contributed by atoms with Crippen molar-refractivity contribution < 1.29 is 13.9 Å². The van der Waals surface area contributed by atoms with E-state index in [9.17, 15) is 4.79 Å². The molecular weight excluding hydrogens is 435 g/mol. The molecule has 2 bridgehead atoms. The van der Waals surface area contributed by atoms with Gasteiger partial charge in [-0.25, -0.2) is 19.3 Å². The Balaban J connectivity index is 1.67. The highest BCUT2D eigenvalue weighted by Crippen LogP contribution is 2.47. The highest BCUT2D eigenvalue weighted by molar-refractivity contribution is 9.10. The van der Waals surface area contributed by atoms with Gasteiger partial charge in [0.2, 0.25) is 0 Å². The van der Waals surface area contributed by atoms with Gasteiger partial charge in [0.1, 0.15) is 10.7 Å². The number of nitrogens with one attached hydrogen (secondary N) is 1. The largest absolute Gasteiger partial charge is 0.466 e. The van der Waals surface area contributed by atoms with Gasteiger partial charge in [0.05, 0.1) is 12.5 Å². The minimum atomic E-state index is -0.544. The van der Waals surface area contributed by atoms with Crippen molar-refractivity contribution in [2.75, 3.05) is 11.9 Å². The number of nitrogens with zero attached hydrogens (tertiary/aromatic N) is 3. The Kier molecular flexibility index (Phi) is 5.41. The lowest BCUT2D eigenvalue weighted by atomic mass is 9.61. The van der Waals surface area contributed by atoms with Crippen LogP contribution in [0.5, 0.6) is 0 Å². The summed E-state index contributed by atoms with van der Waals surface area (Å²) in [6.45, 7) is 2.16. The monoisotopic (exact) mass is 454 g/mol. The Hall–Kier alpha value is -1.61. The van der Waals surface area contributed by atoms with Gasteiger partial charge in [-0.2, -0.15) is 0 Å². The maximum Gasteiger partial charge on any atom is 0.311 e. The molecule has 27 heavy (non-hydrogen) atoms. The molecule has 3 aliphatic carbocycles. The van der Waals surface area contributed by atoms with Crippen LogP contribution in [-0.2, 0) is 9.53 Å². The fraction of sp³-hybridized carbons (Fsp3) is 0.556. The van der Waals surface area contributed by atoms with Crippen molar-refractivity contribution in [3.05, 3.63) is 22.1 Å². The number of aromatic nitrogens is 3. The summed E-state index contributed by atoms with van der Waals surface area (Å²) < 4.78 is 20.7. The van der Waals surface area contributed by atoms with Crippen molar-refractivity contribution in [2.45, 2.75) is 38.6 Å². The van der Waals surface area contributed by atoms with Gasteiger partial charge in [-0.3, -0.25) is 4.79 Å². The van der Waals surface area contributed by atoms with Crippen LogP contribution in [0.15, 0.2) is 16.3 Å². The van der Waals surface area contributed by atoms with E-state index in [1.54, 1.807) is 11.6 Å². The number of halogens is 2. The summed E-state index contributed by atoms with van der Waals surface area (Å²) in [5, 5.41) is 5.50. The van der Waals surface area contributed by atoms with Crippen LogP contribution in [0.3, 0.4) is 0 Å². The van der Waals surface area contributed by atoms with Crippen LogP contribution in [0.4, 0.5) is 10.2 Å². The second-order valence-electron chi connectivity index (χ2n) is 6.96. The summed E-state index contributed by atoms with van der Waals surface area (Å²) >= 11 is 4.58. The molecule has 0 aliphatic heterocycles. The normalized spacial score (nSPS) is 26.8.